The number of hydrogen-bond donors (Lipinski definition) is 2. The van der Waals surface area contributed by atoms with Crippen molar-refractivity contribution in [2.45, 2.75) is 0 Å². The van der Waals surface area contributed by atoms with E-state index in [9.17, 15) is 0 Å². The molecule has 3 N–H and O–H groups in total. The van der Waals surface area contributed by atoms with Crippen molar-refractivity contribution in [1.82, 2.24) is 19.9 Å². The van der Waals surface area contributed by atoms with Crippen molar-refractivity contribution < 1.29 is 0 Å². The summed E-state index contributed by atoms with van der Waals surface area (Å²) in [4.78, 5) is 16.1. The van der Waals surface area contributed by atoms with Gasteiger partial charge in [0, 0.05) is 18.6 Å². The monoisotopic (exact) mass is 200 g/mol. The minimum atomic E-state index is -0.102. The average Bonchev–Trinajstić information content (AvgIpc) is 2.30. The van der Waals surface area contributed by atoms with Gasteiger partial charge in [-0.3, -0.25) is 5.41 Å². The highest BCUT2D eigenvalue weighted by Gasteiger charge is 2.05. The van der Waals surface area contributed by atoms with Gasteiger partial charge in [0.15, 0.2) is 11.6 Å². The van der Waals surface area contributed by atoms with Crippen LogP contribution < -0.4 is 5.73 Å². The normalized spacial score (nSPS) is 9.87. The number of amidine groups is 1. The molecule has 0 unspecified atom stereocenters. The Morgan fingerprint density at radius 2 is 1.73 bits per heavy atom. The topological polar surface area (TPSA) is 101 Å². The molecule has 2 aromatic rings. The largest absolute Gasteiger partial charge is 0.382 e. The first-order chi connectivity index (χ1) is 7.27. The van der Waals surface area contributed by atoms with E-state index in [1.165, 1.54) is 6.20 Å². The molecule has 0 fully saturated rings. The molecule has 2 rings (SSSR count). The molecule has 0 aliphatic heterocycles. The van der Waals surface area contributed by atoms with Crippen molar-refractivity contribution in [3.05, 3.63) is 36.4 Å². The van der Waals surface area contributed by atoms with E-state index < -0.39 is 0 Å². The smallest absolute Gasteiger partial charge is 0.198 e. The lowest BCUT2D eigenvalue weighted by atomic mass is 10.3. The zero-order chi connectivity index (χ0) is 10.7. The SMILES string of the molecule is N=C(N)c1ccnc(-c2ncccn2)n1. The van der Waals surface area contributed by atoms with Crippen LogP contribution in [0.25, 0.3) is 11.6 Å². The predicted octanol–water partition coefficient (Wildman–Crippen LogP) is 0.218. The number of rotatable bonds is 2. The van der Waals surface area contributed by atoms with Gasteiger partial charge in [-0.15, -0.1) is 0 Å². The molecular formula is C9H8N6. The summed E-state index contributed by atoms with van der Waals surface area (Å²) in [6.45, 7) is 0. The molecule has 0 aromatic carbocycles. The van der Waals surface area contributed by atoms with Gasteiger partial charge in [-0.05, 0) is 12.1 Å². The molecule has 0 spiro atoms. The number of nitrogens with zero attached hydrogens (tertiary/aromatic N) is 4. The number of hydrogen-bond acceptors (Lipinski definition) is 5. The molecule has 6 nitrogen and oxygen atoms in total. The van der Waals surface area contributed by atoms with E-state index >= 15 is 0 Å². The third-order valence-corrected chi connectivity index (χ3v) is 1.70. The summed E-state index contributed by atoms with van der Waals surface area (Å²) >= 11 is 0. The standard InChI is InChI=1S/C9H8N6/c10-7(11)6-2-5-14-9(15-6)8-12-3-1-4-13-8/h1-5H,(H3,10,11). The van der Waals surface area contributed by atoms with E-state index in [0.717, 1.165) is 0 Å². The molecule has 0 saturated carbocycles. The molecule has 0 aliphatic carbocycles. The van der Waals surface area contributed by atoms with Crippen molar-refractivity contribution >= 4 is 5.84 Å². The van der Waals surface area contributed by atoms with Crippen molar-refractivity contribution in [2.75, 3.05) is 0 Å². The summed E-state index contributed by atoms with van der Waals surface area (Å²) in [6, 6.07) is 3.27. The Morgan fingerprint density at radius 3 is 2.40 bits per heavy atom. The summed E-state index contributed by atoms with van der Waals surface area (Å²) in [5.41, 5.74) is 5.68. The maximum atomic E-state index is 7.24. The second-order valence-electron chi connectivity index (χ2n) is 2.75. The fourth-order valence-electron chi connectivity index (χ4n) is 1.03. The Balaban J connectivity index is 2.46. The van der Waals surface area contributed by atoms with E-state index in [4.69, 9.17) is 11.1 Å². The van der Waals surface area contributed by atoms with Crippen molar-refractivity contribution in [2.24, 2.45) is 5.73 Å². The molecule has 0 bridgehead atoms. The highest BCUT2D eigenvalue weighted by Crippen LogP contribution is 2.06. The van der Waals surface area contributed by atoms with E-state index in [2.05, 4.69) is 19.9 Å². The molecule has 0 atom stereocenters. The van der Waals surface area contributed by atoms with Gasteiger partial charge in [-0.25, -0.2) is 19.9 Å². The Bertz CT molecular complexity index is 481. The van der Waals surface area contributed by atoms with E-state index in [-0.39, 0.29) is 5.84 Å². The first kappa shape index (κ1) is 9.20. The van der Waals surface area contributed by atoms with Crippen molar-refractivity contribution in [3.8, 4) is 11.6 Å². The van der Waals surface area contributed by atoms with E-state index in [0.29, 0.717) is 17.3 Å². The van der Waals surface area contributed by atoms with Crippen LogP contribution in [0, 0.1) is 5.41 Å². The molecule has 15 heavy (non-hydrogen) atoms. The average molecular weight is 200 g/mol. The predicted molar refractivity (Wildman–Crippen MR) is 54.1 cm³/mol. The van der Waals surface area contributed by atoms with Gasteiger partial charge in [0.25, 0.3) is 0 Å². The maximum Gasteiger partial charge on any atom is 0.198 e. The third-order valence-electron chi connectivity index (χ3n) is 1.70. The highest BCUT2D eigenvalue weighted by molar-refractivity contribution is 5.93. The molecule has 6 heteroatoms. The zero-order valence-corrected chi connectivity index (χ0v) is 7.75. The molecule has 2 heterocycles. The summed E-state index contributed by atoms with van der Waals surface area (Å²) in [7, 11) is 0. The number of nitrogen functional groups attached to an aromatic ring is 1. The number of nitrogens with two attached hydrogens (primary N) is 1. The Morgan fingerprint density at radius 1 is 1.07 bits per heavy atom. The lowest BCUT2D eigenvalue weighted by Gasteiger charge is -1.99. The molecule has 0 amide bonds. The van der Waals surface area contributed by atoms with E-state index in [1.54, 1.807) is 24.5 Å². The zero-order valence-electron chi connectivity index (χ0n) is 7.75. The minimum absolute atomic E-state index is 0.102. The second-order valence-corrected chi connectivity index (χ2v) is 2.75. The number of aromatic nitrogens is 4. The summed E-state index contributed by atoms with van der Waals surface area (Å²) in [6.07, 6.45) is 4.73. The fraction of sp³-hybridized carbons (Fsp3) is 0. The molecule has 2 aromatic heterocycles. The lowest BCUT2D eigenvalue weighted by molar-refractivity contribution is 1.07. The van der Waals surface area contributed by atoms with Crippen LogP contribution in [0.3, 0.4) is 0 Å². The Kier molecular flexibility index (Phi) is 2.32. The van der Waals surface area contributed by atoms with Crippen LogP contribution in [0.5, 0.6) is 0 Å². The van der Waals surface area contributed by atoms with Crippen LogP contribution in [0.1, 0.15) is 5.69 Å². The molecule has 0 saturated heterocycles. The minimum Gasteiger partial charge on any atom is -0.382 e. The second kappa shape index (κ2) is 3.79. The molecule has 74 valence electrons. The van der Waals surface area contributed by atoms with Gasteiger partial charge in [-0.1, -0.05) is 0 Å². The Hall–Kier alpha value is -2.37. The molecule has 0 radical (unpaired) electrons. The first-order valence-electron chi connectivity index (χ1n) is 4.22. The summed E-state index contributed by atoms with van der Waals surface area (Å²) < 4.78 is 0. The Labute approximate surface area is 85.8 Å². The molecular weight excluding hydrogens is 192 g/mol. The van der Waals surface area contributed by atoms with Crippen molar-refractivity contribution in [3.63, 3.8) is 0 Å². The summed E-state index contributed by atoms with van der Waals surface area (Å²) in [5.74, 6) is 0.679. The van der Waals surface area contributed by atoms with Crippen LogP contribution in [0.2, 0.25) is 0 Å². The van der Waals surface area contributed by atoms with Crippen molar-refractivity contribution in [1.29, 1.82) is 5.41 Å². The van der Waals surface area contributed by atoms with Crippen LogP contribution in [-0.2, 0) is 0 Å². The van der Waals surface area contributed by atoms with Crippen LogP contribution in [0.15, 0.2) is 30.7 Å². The first-order valence-corrected chi connectivity index (χ1v) is 4.22. The van der Waals surface area contributed by atoms with Crippen LogP contribution in [-0.4, -0.2) is 25.8 Å². The third kappa shape index (κ3) is 1.93. The van der Waals surface area contributed by atoms with Gasteiger partial charge in [0.2, 0.25) is 0 Å². The summed E-state index contributed by atoms with van der Waals surface area (Å²) in [5, 5.41) is 7.24. The molecule has 0 aliphatic rings. The van der Waals surface area contributed by atoms with Gasteiger partial charge in [0.05, 0.1) is 0 Å². The van der Waals surface area contributed by atoms with Gasteiger partial charge < -0.3 is 5.73 Å². The lowest BCUT2D eigenvalue weighted by Crippen LogP contribution is -2.14. The number of nitrogens with one attached hydrogen (secondary N) is 1. The highest BCUT2D eigenvalue weighted by atomic mass is 15.0. The van der Waals surface area contributed by atoms with E-state index in [1.807, 2.05) is 0 Å². The fourth-order valence-corrected chi connectivity index (χ4v) is 1.03. The van der Waals surface area contributed by atoms with Crippen LogP contribution >= 0.6 is 0 Å². The van der Waals surface area contributed by atoms with Gasteiger partial charge in [-0.2, -0.15) is 0 Å². The maximum absolute atomic E-state index is 7.24. The van der Waals surface area contributed by atoms with Crippen LogP contribution in [0.4, 0.5) is 0 Å². The van der Waals surface area contributed by atoms with Gasteiger partial charge in [0.1, 0.15) is 11.5 Å². The quantitative estimate of drug-likeness (QED) is 0.533. The van der Waals surface area contributed by atoms with Gasteiger partial charge >= 0.3 is 0 Å².